The number of hydrogen-bond acceptors (Lipinski definition) is 6. The highest BCUT2D eigenvalue weighted by Gasteiger charge is 2.27. The van der Waals surface area contributed by atoms with E-state index in [2.05, 4.69) is 25.8 Å². The van der Waals surface area contributed by atoms with Crippen LogP contribution in [0.1, 0.15) is 48.2 Å². The Bertz CT molecular complexity index is 625. The third-order valence-corrected chi connectivity index (χ3v) is 2.80. The van der Waals surface area contributed by atoms with Gasteiger partial charge in [-0.1, -0.05) is 18.6 Å². The molecule has 0 bridgehead atoms. The van der Waals surface area contributed by atoms with E-state index in [1.807, 2.05) is 6.92 Å². The molecule has 0 saturated carbocycles. The number of carbonyl (C=O) groups is 1. The fourth-order valence-electron chi connectivity index (χ4n) is 1.76. The number of tetrazole rings is 1. The Labute approximate surface area is 117 Å². The number of aromatic nitrogens is 7. The number of halogens is 2. The van der Waals surface area contributed by atoms with Gasteiger partial charge in [0, 0.05) is 6.54 Å². The summed E-state index contributed by atoms with van der Waals surface area (Å²) in [6, 6.07) is 0. The maximum absolute atomic E-state index is 13.0. The van der Waals surface area contributed by atoms with Gasteiger partial charge >= 0.3 is 5.97 Å². The van der Waals surface area contributed by atoms with Crippen LogP contribution in [0.2, 0.25) is 0 Å². The zero-order valence-electron chi connectivity index (χ0n) is 11.1. The maximum atomic E-state index is 13.0. The molecular formula is C10H13F2N7O2. The molecule has 0 spiro atoms. The molecule has 0 fully saturated rings. The highest BCUT2D eigenvalue weighted by Crippen LogP contribution is 2.21. The first kappa shape index (κ1) is 14.9. The van der Waals surface area contributed by atoms with E-state index >= 15 is 0 Å². The number of aromatic carboxylic acids is 1. The highest BCUT2D eigenvalue weighted by atomic mass is 19.3. The van der Waals surface area contributed by atoms with E-state index in [-0.39, 0.29) is 6.54 Å². The molecule has 0 saturated heterocycles. The van der Waals surface area contributed by atoms with Gasteiger partial charge < -0.3 is 5.11 Å². The largest absolute Gasteiger partial charge is 0.476 e. The van der Waals surface area contributed by atoms with Gasteiger partial charge in [-0.3, -0.25) is 0 Å². The minimum atomic E-state index is -3.01. The molecule has 114 valence electrons. The van der Waals surface area contributed by atoms with E-state index in [1.165, 1.54) is 4.68 Å². The number of carboxylic acid groups (broad SMARTS) is 1. The van der Waals surface area contributed by atoms with Gasteiger partial charge in [0.25, 0.3) is 6.43 Å². The van der Waals surface area contributed by atoms with Crippen molar-refractivity contribution >= 4 is 5.97 Å². The summed E-state index contributed by atoms with van der Waals surface area (Å²) in [5, 5.41) is 26.5. The van der Waals surface area contributed by atoms with Gasteiger partial charge in [0.15, 0.2) is 11.5 Å². The van der Waals surface area contributed by atoms with Crippen LogP contribution in [-0.2, 0) is 13.1 Å². The molecule has 0 atom stereocenters. The highest BCUT2D eigenvalue weighted by molar-refractivity contribution is 5.86. The van der Waals surface area contributed by atoms with Crippen LogP contribution in [0.3, 0.4) is 0 Å². The fourth-order valence-corrected chi connectivity index (χ4v) is 1.76. The third kappa shape index (κ3) is 3.17. The number of carboxylic acids is 1. The summed E-state index contributed by atoms with van der Waals surface area (Å²) in [5.41, 5.74) is -1.52. The minimum Gasteiger partial charge on any atom is -0.476 e. The van der Waals surface area contributed by atoms with Crippen molar-refractivity contribution < 1.29 is 18.7 Å². The van der Waals surface area contributed by atoms with Gasteiger partial charge in [0.05, 0.1) is 0 Å². The van der Waals surface area contributed by atoms with Crippen LogP contribution in [0.15, 0.2) is 0 Å². The van der Waals surface area contributed by atoms with E-state index in [1.54, 1.807) is 0 Å². The Hall–Kier alpha value is -2.46. The van der Waals surface area contributed by atoms with E-state index in [0.29, 0.717) is 12.4 Å². The number of aryl methyl sites for hydroxylation is 1. The summed E-state index contributed by atoms with van der Waals surface area (Å²) in [5.74, 6) is -1.24. The van der Waals surface area contributed by atoms with Crippen LogP contribution in [0.25, 0.3) is 0 Å². The molecule has 0 aromatic carbocycles. The molecule has 2 aromatic rings. The van der Waals surface area contributed by atoms with Crippen LogP contribution in [0.5, 0.6) is 0 Å². The van der Waals surface area contributed by atoms with Gasteiger partial charge in [0.1, 0.15) is 12.2 Å². The smallest absolute Gasteiger partial charge is 0.358 e. The summed E-state index contributed by atoms with van der Waals surface area (Å²) < 4.78 is 28.3. The fraction of sp³-hybridized carbons (Fsp3) is 0.600. The standard InChI is InChI=1S/C10H13F2N7O2/c1-2-3-4-18-6(13-15-17-18)5-19-8(9(11)12)7(10(20)21)14-16-19/h9H,2-5H2,1H3,(H,20,21). The number of unbranched alkanes of at least 4 members (excludes halogenated alkanes) is 1. The first-order valence-corrected chi connectivity index (χ1v) is 6.24. The lowest BCUT2D eigenvalue weighted by Crippen LogP contribution is -2.14. The second-order valence-electron chi connectivity index (χ2n) is 4.26. The SMILES string of the molecule is CCCCn1nnnc1Cn1nnc(C(=O)O)c1C(F)F. The second kappa shape index (κ2) is 6.33. The van der Waals surface area contributed by atoms with E-state index in [4.69, 9.17) is 5.11 Å². The zero-order valence-corrected chi connectivity index (χ0v) is 11.1. The van der Waals surface area contributed by atoms with Gasteiger partial charge in [-0.2, -0.15) is 0 Å². The summed E-state index contributed by atoms with van der Waals surface area (Å²) in [4.78, 5) is 10.9. The van der Waals surface area contributed by atoms with Gasteiger partial charge in [0.2, 0.25) is 0 Å². The Morgan fingerprint density at radius 1 is 1.29 bits per heavy atom. The number of alkyl halides is 2. The van der Waals surface area contributed by atoms with Crippen molar-refractivity contribution in [2.75, 3.05) is 0 Å². The Kier molecular flexibility index (Phi) is 4.50. The molecule has 21 heavy (non-hydrogen) atoms. The molecule has 2 aromatic heterocycles. The summed E-state index contributed by atoms with van der Waals surface area (Å²) in [6.45, 7) is 2.37. The lowest BCUT2D eigenvalue weighted by atomic mass is 10.3. The molecule has 11 heteroatoms. The molecule has 0 aliphatic rings. The molecule has 0 aliphatic heterocycles. The lowest BCUT2D eigenvalue weighted by molar-refractivity contribution is 0.0675. The number of hydrogen-bond donors (Lipinski definition) is 1. The Morgan fingerprint density at radius 3 is 2.67 bits per heavy atom. The zero-order chi connectivity index (χ0) is 15.4. The number of rotatable bonds is 7. The molecule has 0 radical (unpaired) electrons. The predicted molar refractivity (Wildman–Crippen MR) is 63.8 cm³/mol. The van der Waals surface area contributed by atoms with Gasteiger partial charge in [-0.15, -0.1) is 10.2 Å². The molecule has 0 aliphatic carbocycles. The molecule has 0 amide bonds. The van der Waals surface area contributed by atoms with Crippen LogP contribution < -0.4 is 0 Å². The van der Waals surface area contributed by atoms with Crippen molar-refractivity contribution in [2.24, 2.45) is 0 Å². The Balaban J connectivity index is 2.28. The van der Waals surface area contributed by atoms with Crippen molar-refractivity contribution in [3.8, 4) is 0 Å². The monoisotopic (exact) mass is 301 g/mol. The quantitative estimate of drug-likeness (QED) is 0.803. The molecule has 9 nitrogen and oxygen atoms in total. The van der Waals surface area contributed by atoms with Crippen molar-refractivity contribution in [2.45, 2.75) is 39.3 Å². The molecule has 1 N–H and O–H groups in total. The second-order valence-corrected chi connectivity index (χ2v) is 4.26. The molecule has 0 unspecified atom stereocenters. The average molecular weight is 301 g/mol. The van der Waals surface area contributed by atoms with E-state index < -0.39 is 23.8 Å². The summed E-state index contributed by atoms with van der Waals surface area (Å²) >= 11 is 0. The third-order valence-electron chi connectivity index (χ3n) is 2.80. The average Bonchev–Trinajstić information content (AvgIpc) is 3.03. The van der Waals surface area contributed by atoms with Crippen molar-refractivity contribution in [1.82, 2.24) is 35.2 Å². The van der Waals surface area contributed by atoms with Gasteiger partial charge in [-0.25, -0.2) is 22.9 Å². The van der Waals surface area contributed by atoms with Crippen molar-refractivity contribution in [3.63, 3.8) is 0 Å². The summed E-state index contributed by atoms with van der Waals surface area (Å²) in [7, 11) is 0. The van der Waals surface area contributed by atoms with Crippen molar-refractivity contribution in [3.05, 3.63) is 17.2 Å². The minimum absolute atomic E-state index is 0.170. The Morgan fingerprint density at radius 2 is 2.05 bits per heavy atom. The summed E-state index contributed by atoms with van der Waals surface area (Å²) in [6.07, 6.45) is -1.25. The molecular weight excluding hydrogens is 288 g/mol. The first-order chi connectivity index (χ1) is 10.0. The van der Waals surface area contributed by atoms with Crippen LogP contribution >= 0.6 is 0 Å². The van der Waals surface area contributed by atoms with Crippen LogP contribution in [-0.4, -0.2) is 46.3 Å². The van der Waals surface area contributed by atoms with Crippen LogP contribution in [0.4, 0.5) is 8.78 Å². The normalized spacial score (nSPS) is 11.2. The predicted octanol–water partition coefficient (Wildman–Crippen LogP) is 0.749. The maximum Gasteiger partial charge on any atom is 0.358 e. The van der Waals surface area contributed by atoms with E-state index in [9.17, 15) is 13.6 Å². The van der Waals surface area contributed by atoms with E-state index in [0.717, 1.165) is 17.5 Å². The van der Waals surface area contributed by atoms with Crippen LogP contribution in [0, 0.1) is 0 Å². The topological polar surface area (TPSA) is 112 Å². The first-order valence-electron chi connectivity index (χ1n) is 6.24. The van der Waals surface area contributed by atoms with Crippen molar-refractivity contribution in [1.29, 1.82) is 0 Å². The van der Waals surface area contributed by atoms with Gasteiger partial charge in [-0.05, 0) is 16.8 Å². The lowest BCUT2D eigenvalue weighted by Gasteiger charge is -2.06. The molecule has 2 heterocycles. The molecule has 2 rings (SSSR count). The number of nitrogens with zero attached hydrogens (tertiary/aromatic N) is 7.